The number of aliphatic hydroxyl groups is 2. The molecule has 1 fully saturated rings. The van der Waals surface area contributed by atoms with Gasteiger partial charge < -0.3 is 20.2 Å². The number of carboxylic acid groups (broad SMARTS) is 1. The number of fused-ring (bicyclic) bond motifs is 1. The number of aromatic nitrogens is 4. The Hall–Kier alpha value is -2.89. The highest BCUT2D eigenvalue weighted by molar-refractivity contribution is 7.08. The van der Waals surface area contributed by atoms with Crippen molar-refractivity contribution in [3.63, 3.8) is 0 Å². The van der Waals surface area contributed by atoms with Crippen LogP contribution in [0.2, 0.25) is 0 Å². The van der Waals surface area contributed by atoms with Gasteiger partial charge in [0.05, 0.1) is 18.5 Å². The highest BCUT2D eigenvalue weighted by Crippen LogP contribution is 2.28. The Labute approximate surface area is 149 Å². The van der Waals surface area contributed by atoms with E-state index in [9.17, 15) is 24.9 Å². The van der Waals surface area contributed by atoms with Gasteiger partial charge in [-0.15, -0.1) is 0 Å². The molecule has 3 aromatic rings. The number of carboxylic acids is 1. The summed E-state index contributed by atoms with van der Waals surface area (Å²) in [5.74, 6) is -2.66. The number of rotatable bonds is 3. The Morgan fingerprint density at radius 2 is 2.08 bits per heavy atom. The lowest BCUT2D eigenvalue weighted by Crippen LogP contribution is -2.62. The van der Waals surface area contributed by atoms with Gasteiger partial charge in [-0.05, 0) is 18.6 Å². The van der Waals surface area contributed by atoms with Crippen molar-refractivity contribution in [1.82, 2.24) is 18.9 Å². The summed E-state index contributed by atoms with van der Waals surface area (Å²) in [5, 5.41) is 28.9. The van der Waals surface area contributed by atoms with E-state index in [1.165, 1.54) is 17.1 Å². The average molecular weight is 375 g/mol. The zero-order valence-electron chi connectivity index (χ0n) is 13.4. The first kappa shape index (κ1) is 16.6. The van der Waals surface area contributed by atoms with E-state index >= 15 is 0 Å². The maximum atomic E-state index is 12.6. The zero-order valence-corrected chi connectivity index (χ0v) is 14.3. The van der Waals surface area contributed by atoms with Crippen LogP contribution in [0, 0.1) is 6.92 Å². The second kappa shape index (κ2) is 5.56. The van der Waals surface area contributed by atoms with Gasteiger partial charge in [0, 0.05) is 17.7 Å². The number of aryl methyl sites for hydroxylation is 1. The van der Waals surface area contributed by atoms with Gasteiger partial charge in [0.15, 0.2) is 11.4 Å². The molecule has 0 radical (unpaired) electrons. The van der Waals surface area contributed by atoms with E-state index in [0.29, 0.717) is 16.5 Å². The number of aromatic carboxylic acids is 1. The van der Waals surface area contributed by atoms with Crippen molar-refractivity contribution in [3.05, 3.63) is 39.9 Å². The number of hydrogen-bond acceptors (Lipinski definition) is 9. The Morgan fingerprint density at radius 1 is 1.35 bits per heavy atom. The van der Waals surface area contributed by atoms with Crippen molar-refractivity contribution < 1.29 is 20.1 Å². The Bertz CT molecular complexity index is 1080. The molecule has 0 bridgehead atoms. The number of carbonyl (C=O) groups is 1. The van der Waals surface area contributed by atoms with Crippen LogP contribution in [-0.2, 0) is 0 Å². The molecule has 0 unspecified atom stereocenters. The largest absolute Gasteiger partial charge is 0.477 e. The van der Waals surface area contributed by atoms with E-state index in [1.54, 1.807) is 17.9 Å². The van der Waals surface area contributed by atoms with Crippen molar-refractivity contribution in [2.24, 2.45) is 0 Å². The quantitative estimate of drug-likeness (QED) is 0.528. The maximum Gasteiger partial charge on any atom is 0.341 e. The molecule has 1 aliphatic heterocycles. The van der Waals surface area contributed by atoms with Gasteiger partial charge in [-0.25, -0.2) is 14.8 Å². The molecule has 11 heteroatoms. The first-order valence-corrected chi connectivity index (χ1v) is 8.31. The molecule has 1 aliphatic rings. The third kappa shape index (κ3) is 2.53. The summed E-state index contributed by atoms with van der Waals surface area (Å²) in [4.78, 5) is 34.3. The number of pyridine rings is 2. The van der Waals surface area contributed by atoms with Crippen LogP contribution in [0.15, 0.2) is 23.4 Å². The molecule has 0 aromatic carbocycles. The smallest absolute Gasteiger partial charge is 0.341 e. The minimum Gasteiger partial charge on any atom is -0.477 e. The Balaban J connectivity index is 2.01. The predicted octanol–water partition coefficient (Wildman–Crippen LogP) is -0.255. The van der Waals surface area contributed by atoms with Crippen molar-refractivity contribution in [2.45, 2.75) is 12.7 Å². The second-order valence-electron chi connectivity index (χ2n) is 6.11. The minimum atomic E-state index is -1.77. The molecule has 26 heavy (non-hydrogen) atoms. The normalized spacial score (nSPS) is 15.9. The first-order valence-electron chi connectivity index (χ1n) is 7.54. The van der Waals surface area contributed by atoms with E-state index < -0.39 is 17.2 Å². The molecule has 0 spiro atoms. The fourth-order valence-electron chi connectivity index (χ4n) is 2.94. The van der Waals surface area contributed by atoms with E-state index in [4.69, 9.17) is 0 Å². The first-order chi connectivity index (χ1) is 12.3. The van der Waals surface area contributed by atoms with Gasteiger partial charge in [0.25, 0.3) is 0 Å². The molecule has 3 N–H and O–H groups in total. The summed E-state index contributed by atoms with van der Waals surface area (Å²) in [7, 11) is 0. The van der Waals surface area contributed by atoms with E-state index in [2.05, 4.69) is 14.3 Å². The lowest BCUT2D eigenvalue weighted by molar-refractivity contribution is -0.176. The number of anilines is 1. The third-order valence-corrected chi connectivity index (χ3v) is 4.81. The summed E-state index contributed by atoms with van der Waals surface area (Å²) in [6, 6.07) is 1.62. The third-order valence-electron chi connectivity index (χ3n) is 4.14. The number of β-amino-alcohol motifs (C(OH)–C–C–N with tert-alkyl or cyclic N) is 2. The number of hydrogen-bond donors (Lipinski definition) is 3. The Morgan fingerprint density at radius 3 is 2.65 bits per heavy atom. The Kier molecular flexibility index (Phi) is 3.54. The van der Waals surface area contributed by atoms with Crippen molar-refractivity contribution in [1.29, 1.82) is 0 Å². The lowest BCUT2D eigenvalue weighted by atomic mass is 10.1. The molecule has 134 valence electrons. The molecule has 0 saturated carbocycles. The van der Waals surface area contributed by atoms with Crippen LogP contribution >= 0.6 is 11.5 Å². The molecule has 0 aliphatic carbocycles. The molecule has 4 rings (SSSR count). The highest BCUT2D eigenvalue weighted by Gasteiger charge is 2.40. The van der Waals surface area contributed by atoms with Crippen molar-refractivity contribution >= 4 is 34.4 Å². The summed E-state index contributed by atoms with van der Waals surface area (Å²) >= 11 is 1.03. The van der Waals surface area contributed by atoms with Gasteiger partial charge in [-0.1, -0.05) is 0 Å². The van der Waals surface area contributed by atoms with Crippen LogP contribution in [-0.4, -0.2) is 59.1 Å². The summed E-state index contributed by atoms with van der Waals surface area (Å²) < 4.78 is 5.32. The molecular formula is C15H13N5O5S. The van der Waals surface area contributed by atoms with Crippen LogP contribution in [0.5, 0.6) is 0 Å². The molecule has 4 heterocycles. The van der Waals surface area contributed by atoms with E-state index in [0.717, 1.165) is 11.5 Å². The summed E-state index contributed by atoms with van der Waals surface area (Å²) in [6.45, 7) is 1.65. The maximum absolute atomic E-state index is 12.6. The highest BCUT2D eigenvalue weighted by atomic mass is 32.1. The second-order valence-corrected chi connectivity index (χ2v) is 6.86. The van der Waals surface area contributed by atoms with Gasteiger partial charge in [0.1, 0.15) is 17.7 Å². The molecule has 0 atom stereocenters. The van der Waals surface area contributed by atoms with Crippen LogP contribution in [0.4, 0.5) is 5.82 Å². The van der Waals surface area contributed by atoms with E-state index in [1.807, 2.05) is 0 Å². The van der Waals surface area contributed by atoms with Gasteiger partial charge in [-0.2, -0.15) is 4.37 Å². The summed E-state index contributed by atoms with van der Waals surface area (Å²) in [6.07, 6.45) is 2.50. The zero-order chi connectivity index (χ0) is 18.6. The summed E-state index contributed by atoms with van der Waals surface area (Å²) in [5.41, 5.74) is -0.254. The molecule has 3 aromatic heterocycles. The predicted molar refractivity (Wildman–Crippen MR) is 91.9 cm³/mol. The minimum absolute atomic E-state index is 0.0127. The topological polar surface area (TPSA) is 142 Å². The van der Waals surface area contributed by atoms with Crippen molar-refractivity contribution in [3.8, 4) is 5.13 Å². The van der Waals surface area contributed by atoms with Crippen molar-refractivity contribution in [2.75, 3.05) is 18.0 Å². The fourth-order valence-corrected chi connectivity index (χ4v) is 3.45. The fraction of sp³-hybridized carbons (Fsp3) is 0.267. The van der Waals surface area contributed by atoms with Crippen LogP contribution in [0.3, 0.4) is 0 Å². The van der Waals surface area contributed by atoms with Crippen LogP contribution < -0.4 is 10.3 Å². The monoisotopic (exact) mass is 375 g/mol. The van der Waals surface area contributed by atoms with Gasteiger partial charge in [-0.3, -0.25) is 9.36 Å². The molecule has 0 amide bonds. The number of nitrogens with zero attached hydrogens (tertiary/aromatic N) is 5. The lowest BCUT2D eigenvalue weighted by Gasteiger charge is -2.43. The molecule has 1 saturated heterocycles. The SMILES string of the molecule is Cc1cc(N2CC(O)(O)C2)nc2c1c(=O)c(C(=O)O)cn2-c1ncns1. The average Bonchev–Trinajstić information content (AvgIpc) is 3.06. The van der Waals surface area contributed by atoms with Crippen LogP contribution in [0.25, 0.3) is 16.2 Å². The van der Waals surface area contributed by atoms with Gasteiger partial charge in [0.2, 0.25) is 10.6 Å². The standard InChI is InChI=1S/C15H13N5O5S/c1-7-2-9(19-4-15(24,25)5-19)18-12-10(7)11(21)8(13(22)23)3-20(12)14-16-6-17-26-14/h2-3,6,24-25H,4-5H2,1H3,(H,22,23). The molecule has 10 nitrogen and oxygen atoms in total. The van der Waals surface area contributed by atoms with Gasteiger partial charge >= 0.3 is 5.97 Å². The van der Waals surface area contributed by atoms with E-state index in [-0.39, 0.29) is 29.7 Å². The molecular weight excluding hydrogens is 362 g/mol. The van der Waals surface area contributed by atoms with Crippen LogP contribution in [0.1, 0.15) is 15.9 Å².